The number of hydrogen-bond acceptors (Lipinski definition) is 4. The van der Waals surface area contributed by atoms with E-state index in [0.717, 1.165) is 16.8 Å². The first-order valence-corrected chi connectivity index (χ1v) is 9.55. The van der Waals surface area contributed by atoms with Crippen LogP contribution in [0.2, 0.25) is 5.02 Å². The highest BCUT2D eigenvalue weighted by Gasteiger charge is 2.17. The van der Waals surface area contributed by atoms with Crippen molar-refractivity contribution in [3.63, 3.8) is 0 Å². The molecule has 0 bridgehead atoms. The monoisotopic (exact) mass is 413 g/mol. The van der Waals surface area contributed by atoms with E-state index in [9.17, 15) is 4.79 Å². The van der Waals surface area contributed by atoms with E-state index in [-0.39, 0.29) is 12.5 Å². The van der Waals surface area contributed by atoms with Gasteiger partial charge in [0.2, 0.25) is 0 Å². The van der Waals surface area contributed by atoms with E-state index in [4.69, 9.17) is 21.1 Å². The Morgan fingerprint density at radius 3 is 2.52 bits per heavy atom. The van der Waals surface area contributed by atoms with Gasteiger partial charge in [-0.3, -0.25) is 9.48 Å². The van der Waals surface area contributed by atoms with Crippen molar-refractivity contribution in [3.8, 4) is 11.5 Å². The summed E-state index contributed by atoms with van der Waals surface area (Å²) in [5, 5.41) is 4.88. The highest BCUT2D eigenvalue weighted by molar-refractivity contribution is 6.30. The number of aryl methyl sites for hydroxylation is 1. The first-order valence-electron chi connectivity index (χ1n) is 9.17. The topological polar surface area (TPSA) is 56.6 Å². The highest BCUT2D eigenvalue weighted by atomic mass is 35.5. The van der Waals surface area contributed by atoms with Gasteiger partial charge in [0.1, 0.15) is 18.1 Å². The molecule has 0 unspecified atom stereocenters. The van der Waals surface area contributed by atoms with Gasteiger partial charge in [0, 0.05) is 48.0 Å². The first kappa shape index (κ1) is 20.7. The first-order chi connectivity index (χ1) is 13.9. The number of carbonyl (C=O) groups excluding carboxylic acids is 1. The summed E-state index contributed by atoms with van der Waals surface area (Å²) >= 11 is 5.91. The van der Waals surface area contributed by atoms with Crippen LogP contribution < -0.4 is 9.47 Å². The van der Waals surface area contributed by atoms with Gasteiger partial charge in [0.25, 0.3) is 5.91 Å². The van der Waals surface area contributed by atoms with E-state index in [1.807, 2.05) is 20.0 Å². The summed E-state index contributed by atoms with van der Waals surface area (Å²) < 4.78 is 13.0. The third kappa shape index (κ3) is 4.90. The third-order valence-corrected chi connectivity index (χ3v) is 5.08. The minimum Gasteiger partial charge on any atom is -0.496 e. The Balaban J connectivity index is 1.75. The molecule has 0 N–H and O–H groups in total. The second-order valence-corrected chi connectivity index (χ2v) is 7.25. The van der Waals surface area contributed by atoms with Crippen molar-refractivity contribution in [2.45, 2.75) is 20.1 Å². The molecule has 0 aliphatic rings. The number of nitrogens with zero attached hydrogens (tertiary/aromatic N) is 3. The maximum Gasteiger partial charge on any atom is 0.253 e. The van der Waals surface area contributed by atoms with Gasteiger partial charge in [-0.05, 0) is 49.4 Å². The van der Waals surface area contributed by atoms with E-state index < -0.39 is 0 Å². The van der Waals surface area contributed by atoms with E-state index in [2.05, 4.69) is 5.10 Å². The van der Waals surface area contributed by atoms with Crippen molar-refractivity contribution in [1.82, 2.24) is 14.7 Å². The molecule has 152 valence electrons. The quantitative estimate of drug-likeness (QED) is 0.581. The number of carbonyl (C=O) groups is 1. The summed E-state index contributed by atoms with van der Waals surface area (Å²) in [7, 11) is 5.26. The molecule has 0 aliphatic heterocycles. The smallest absolute Gasteiger partial charge is 0.253 e. The van der Waals surface area contributed by atoms with E-state index in [1.165, 1.54) is 0 Å². The molecule has 0 saturated carbocycles. The number of amides is 1. The summed E-state index contributed by atoms with van der Waals surface area (Å²) in [5.41, 5.74) is 3.42. The Morgan fingerprint density at radius 1 is 1.17 bits per heavy atom. The summed E-state index contributed by atoms with van der Waals surface area (Å²) in [4.78, 5) is 14.6. The molecule has 0 radical (unpaired) electrons. The predicted molar refractivity (Wildman–Crippen MR) is 113 cm³/mol. The average molecular weight is 414 g/mol. The van der Waals surface area contributed by atoms with Gasteiger partial charge >= 0.3 is 0 Å². The molecule has 0 spiro atoms. The molecular weight excluding hydrogens is 390 g/mol. The molecule has 1 heterocycles. The number of hydrogen-bond donors (Lipinski definition) is 0. The van der Waals surface area contributed by atoms with Crippen LogP contribution in [0.15, 0.2) is 48.7 Å². The molecule has 0 atom stereocenters. The number of benzene rings is 2. The molecule has 0 aliphatic carbocycles. The zero-order valence-electron chi connectivity index (χ0n) is 17.0. The molecule has 0 fully saturated rings. The lowest BCUT2D eigenvalue weighted by Crippen LogP contribution is -2.26. The minimum absolute atomic E-state index is 0.0800. The van der Waals surface area contributed by atoms with Crippen LogP contribution in [0.1, 0.15) is 27.2 Å². The van der Waals surface area contributed by atoms with Crippen LogP contribution >= 0.6 is 11.6 Å². The summed E-state index contributed by atoms with van der Waals surface area (Å²) in [6.07, 6.45) is 1.79. The standard InChI is InChI=1S/C22H24ClN3O3/c1-15-18(12-24-26(15)3)13-25(2)22(27)16-5-10-21(28-4)17(11-16)14-29-20-8-6-19(23)7-9-20/h5-12H,13-14H2,1-4H3. The molecule has 3 aromatic rings. The van der Waals surface area contributed by atoms with Gasteiger partial charge in [-0.1, -0.05) is 11.6 Å². The van der Waals surface area contributed by atoms with Gasteiger partial charge in [0.15, 0.2) is 0 Å². The van der Waals surface area contributed by atoms with Crippen molar-refractivity contribution in [3.05, 3.63) is 76.1 Å². The van der Waals surface area contributed by atoms with E-state index >= 15 is 0 Å². The van der Waals surface area contributed by atoms with Gasteiger partial charge < -0.3 is 14.4 Å². The number of aromatic nitrogens is 2. The Kier molecular flexibility index (Phi) is 6.44. The Bertz CT molecular complexity index is 999. The van der Waals surface area contributed by atoms with Crippen LogP contribution in [0.5, 0.6) is 11.5 Å². The number of ether oxygens (including phenoxy) is 2. The van der Waals surface area contributed by atoms with Crippen molar-refractivity contribution in [2.75, 3.05) is 14.2 Å². The fraction of sp³-hybridized carbons (Fsp3) is 0.273. The largest absolute Gasteiger partial charge is 0.496 e. The fourth-order valence-corrected chi connectivity index (χ4v) is 3.09. The number of methoxy groups -OCH3 is 1. The van der Waals surface area contributed by atoms with Gasteiger partial charge in [-0.25, -0.2) is 0 Å². The normalized spacial score (nSPS) is 10.7. The highest BCUT2D eigenvalue weighted by Crippen LogP contribution is 2.24. The van der Waals surface area contributed by atoms with Crippen LogP contribution in [0.4, 0.5) is 0 Å². The lowest BCUT2D eigenvalue weighted by Gasteiger charge is -2.18. The van der Waals surface area contributed by atoms with Crippen LogP contribution in [-0.4, -0.2) is 34.7 Å². The van der Waals surface area contributed by atoms with Crippen LogP contribution in [-0.2, 0) is 20.2 Å². The fourth-order valence-electron chi connectivity index (χ4n) is 2.96. The molecular formula is C22H24ClN3O3. The predicted octanol–water partition coefficient (Wildman–Crippen LogP) is 4.24. The third-order valence-electron chi connectivity index (χ3n) is 4.83. The molecule has 29 heavy (non-hydrogen) atoms. The molecule has 0 saturated heterocycles. The lowest BCUT2D eigenvalue weighted by atomic mass is 10.1. The molecule has 6 nitrogen and oxygen atoms in total. The van der Waals surface area contributed by atoms with E-state index in [1.54, 1.807) is 66.3 Å². The number of halogens is 1. The second-order valence-electron chi connectivity index (χ2n) is 6.81. The van der Waals surface area contributed by atoms with Gasteiger partial charge in [-0.15, -0.1) is 0 Å². The number of rotatable bonds is 7. The van der Waals surface area contributed by atoms with E-state index in [0.29, 0.717) is 28.6 Å². The second kappa shape index (κ2) is 9.01. The lowest BCUT2D eigenvalue weighted by molar-refractivity contribution is 0.0784. The van der Waals surface area contributed by atoms with Crippen molar-refractivity contribution >= 4 is 17.5 Å². The molecule has 1 aromatic heterocycles. The van der Waals surface area contributed by atoms with Gasteiger partial charge in [0.05, 0.1) is 13.3 Å². The molecule has 2 aromatic carbocycles. The summed E-state index contributed by atoms with van der Waals surface area (Å²) in [5.74, 6) is 1.28. The maximum absolute atomic E-state index is 12.9. The van der Waals surface area contributed by atoms with Crippen LogP contribution in [0, 0.1) is 6.92 Å². The van der Waals surface area contributed by atoms with Crippen LogP contribution in [0.3, 0.4) is 0 Å². The van der Waals surface area contributed by atoms with Crippen molar-refractivity contribution < 1.29 is 14.3 Å². The SMILES string of the molecule is COc1ccc(C(=O)N(C)Cc2cnn(C)c2C)cc1COc1ccc(Cl)cc1. The Hall–Kier alpha value is -2.99. The van der Waals surface area contributed by atoms with Crippen LogP contribution in [0.25, 0.3) is 0 Å². The Morgan fingerprint density at radius 2 is 1.90 bits per heavy atom. The average Bonchev–Trinajstić information content (AvgIpc) is 3.04. The zero-order valence-corrected chi connectivity index (χ0v) is 17.7. The Labute approximate surface area is 175 Å². The minimum atomic E-state index is -0.0800. The molecule has 7 heteroatoms. The summed E-state index contributed by atoms with van der Waals surface area (Å²) in [6.45, 7) is 2.75. The summed E-state index contributed by atoms with van der Waals surface area (Å²) in [6, 6.07) is 12.5. The maximum atomic E-state index is 12.9. The van der Waals surface area contributed by atoms with Crippen molar-refractivity contribution in [2.24, 2.45) is 7.05 Å². The molecule has 3 rings (SSSR count). The van der Waals surface area contributed by atoms with Crippen molar-refractivity contribution in [1.29, 1.82) is 0 Å². The van der Waals surface area contributed by atoms with Gasteiger partial charge in [-0.2, -0.15) is 5.10 Å². The molecule has 1 amide bonds. The zero-order chi connectivity index (χ0) is 21.0.